The molecule has 146 valence electrons. The van der Waals surface area contributed by atoms with Crippen molar-refractivity contribution in [3.8, 4) is 6.07 Å². The third-order valence-electron chi connectivity index (χ3n) is 7.75. The maximum absolute atomic E-state index is 11.6. The maximum Gasteiger partial charge on any atom is 0.305 e. The Kier molecular flexibility index (Phi) is 6.65. The van der Waals surface area contributed by atoms with Gasteiger partial charge in [0.25, 0.3) is 0 Å². The first-order valence-electron chi connectivity index (χ1n) is 11.2. The zero-order valence-corrected chi connectivity index (χ0v) is 16.8. The minimum Gasteiger partial charge on any atom is -0.462 e. The van der Waals surface area contributed by atoms with Crippen LogP contribution in [0.25, 0.3) is 0 Å². The number of carbonyl (C=O) groups is 1. The normalized spacial score (nSPS) is 39.3. The lowest BCUT2D eigenvalue weighted by Crippen LogP contribution is -2.45. The second kappa shape index (κ2) is 8.77. The van der Waals surface area contributed by atoms with Gasteiger partial charge in [0, 0.05) is 6.42 Å². The van der Waals surface area contributed by atoms with Gasteiger partial charge in [-0.25, -0.2) is 0 Å². The number of unbranched alkanes of at least 4 members (excludes halogenated alkanes) is 2. The molecule has 0 saturated heterocycles. The first kappa shape index (κ1) is 19.7. The van der Waals surface area contributed by atoms with Gasteiger partial charge in [-0.15, -0.1) is 0 Å². The highest BCUT2D eigenvalue weighted by Crippen LogP contribution is 2.56. The van der Waals surface area contributed by atoms with Gasteiger partial charge in [0.05, 0.1) is 11.5 Å². The van der Waals surface area contributed by atoms with Gasteiger partial charge in [-0.05, 0) is 81.5 Å². The monoisotopic (exact) mass is 359 g/mol. The van der Waals surface area contributed by atoms with Crippen molar-refractivity contribution in [3.05, 3.63) is 0 Å². The third-order valence-corrected chi connectivity index (χ3v) is 7.75. The van der Waals surface area contributed by atoms with Gasteiger partial charge in [-0.2, -0.15) is 5.26 Å². The van der Waals surface area contributed by atoms with Crippen LogP contribution in [0, 0.1) is 40.4 Å². The average Bonchev–Trinajstić information content (AvgIpc) is 2.67. The second-order valence-electron chi connectivity index (χ2n) is 9.30. The first-order valence-corrected chi connectivity index (χ1v) is 11.2. The minimum atomic E-state index is -0.0364. The quantitative estimate of drug-likeness (QED) is 0.430. The van der Waals surface area contributed by atoms with E-state index in [2.05, 4.69) is 13.0 Å². The zero-order valence-electron chi connectivity index (χ0n) is 16.8. The Balaban J connectivity index is 1.57. The Morgan fingerprint density at radius 2 is 1.85 bits per heavy atom. The molecule has 0 bridgehead atoms. The van der Waals surface area contributed by atoms with E-state index in [4.69, 9.17) is 4.74 Å². The molecule has 0 aliphatic heterocycles. The zero-order chi connectivity index (χ0) is 18.6. The molecular formula is C23H37NO2. The Labute approximate surface area is 159 Å². The van der Waals surface area contributed by atoms with Crippen LogP contribution in [0.3, 0.4) is 0 Å². The van der Waals surface area contributed by atoms with Crippen molar-refractivity contribution in [2.45, 2.75) is 103 Å². The fraction of sp³-hybridized carbons (Fsp3) is 0.913. The van der Waals surface area contributed by atoms with Crippen LogP contribution in [0.5, 0.6) is 0 Å². The Bertz CT molecular complexity index is 525. The number of nitrogens with zero attached hydrogens (tertiary/aromatic N) is 1. The molecule has 3 heteroatoms. The number of fused-ring (bicyclic) bond motifs is 3. The maximum atomic E-state index is 11.6. The van der Waals surface area contributed by atoms with E-state index >= 15 is 0 Å². The predicted octanol–water partition coefficient (Wildman–Crippen LogP) is 6.02. The van der Waals surface area contributed by atoms with Crippen LogP contribution < -0.4 is 0 Å². The molecule has 0 radical (unpaired) electrons. The Hall–Kier alpha value is -1.04. The third kappa shape index (κ3) is 4.26. The molecule has 3 nitrogen and oxygen atoms in total. The summed E-state index contributed by atoms with van der Waals surface area (Å²) in [7, 11) is 0. The minimum absolute atomic E-state index is 0.0307. The molecule has 26 heavy (non-hydrogen) atoms. The van der Waals surface area contributed by atoms with Crippen LogP contribution in [-0.4, -0.2) is 12.1 Å². The topological polar surface area (TPSA) is 50.1 Å². The summed E-state index contributed by atoms with van der Waals surface area (Å²) in [6, 6.07) is 2.76. The van der Waals surface area contributed by atoms with Crippen molar-refractivity contribution >= 4 is 5.97 Å². The summed E-state index contributed by atoms with van der Waals surface area (Å²) in [5, 5.41) is 9.91. The van der Waals surface area contributed by atoms with Crippen molar-refractivity contribution in [1.82, 2.24) is 0 Å². The molecule has 6 atom stereocenters. The van der Waals surface area contributed by atoms with Gasteiger partial charge < -0.3 is 4.74 Å². The lowest BCUT2D eigenvalue weighted by atomic mass is 9.53. The van der Waals surface area contributed by atoms with Gasteiger partial charge in [0.2, 0.25) is 0 Å². The molecule has 0 amide bonds. The summed E-state index contributed by atoms with van der Waals surface area (Å²) in [5.41, 5.74) is -0.0307. The molecule has 0 heterocycles. The highest BCUT2D eigenvalue weighted by molar-refractivity contribution is 5.69. The summed E-state index contributed by atoms with van der Waals surface area (Å²) in [4.78, 5) is 11.6. The highest BCUT2D eigenvalue weighted by atomic mass is 16.5. The molecule has 3 fully saturated rings. The summed E-state index contributed by atoms with van der Waals surface area (Å²) in [6.45, 7) is 4.12. The lowest BCUT2D eigenvalue weighted by Gasteiger charge is -2.52. The fourth-order valence-electron chi connectivity index (χ4n) is 6.36. The molecular weight excluding hydrogens is 322 g/mol. The SMILES string of the molecule is CCCCC[C@]1(C#N)CCC2C(CCC3C[C@H](OC(=O)CC)CCC32)C1. The summed E-state index contributed by atoms with van der Waals surface area (Å²) >= 11 is 0. The van der Waals surface area contributed by atoms with Crippen LogP contribution in [-0.2, 0) is 9.53 Å². The standard InChI is InChI=1S/C23H37NO2/c1-3-5-6-12-23(16-24)13-11-21-18(15-23)8-7-17-14-19(9-10-20(17)21)26-22(25)4-2/h17-21H,3-15H2,1-2H3/t17?,18?,19-,20?,21?,23+/m1/s1. The summed E-state index contributed by atoms with van der Waals surface area (Å²) in [5.74, 6) is 3.11. The van der Waals surface area contributed by atoms with E-state index in [-0.39, 0.29) is 17.5 Å². The molecule has 3 saturated carbocycles. The number of ether oxygens (including phenoxy) is 1. The Morgan fingerprint density at radius 3 is 2.58 bits per heavy atom. The molecule has 3 aliphatic carbocycles. The van der Waals surface area contributed by atoms with Crippen LogP contribution in [0.2, 0.25) is 0 Å². The molecule has 4 unspecified atom stereocenters. The number of hydrogen-bond acceptors (Lipinski definition) is 3. The molecule has 3 aliphatic rings. The number of rotatable bonds is 6. The lowest BCUT2D eigenvalue weighted by molar-refractivity contribution is -0.153. The van der Waals surface area contributed by atoms with Gasteiger partial charge in [0.15, 0.2) is 0 Å². The number of esters is 1. The fourth-order valence-corrected chi connectivity index (χ4v) is 6.36. The van der Waals surface area contributed by atoms with E-state index in [0.717, 1.165) is 55.8 Å². The van der Waals surface area contributed by atoms with Crippen LogP contribution in [0.15, 0.2) is 0 Å². The van der Waals surface area contributed by atoms with E-state index in [1.807, 2.05) is 6.92 Å². The molecule has 0 N–H and O–H groups in total. The molecule has 0 spiro atoms. The van der Waals surface area contributed by atoms with Crippen molar-refractivity contribution in [2.24, 2.45) is 29.1 Å². The summed E-state index contributed by atoms with van der Waals surface area (Å²) in [6.07, 6.45) is 14.9. The Morgan fingerprint density at radius 1 is 1.08 bits per heavy atom. The van der Waals surface area contributed by atoms with E-state index in [9.17, 15) is 10.1 Å². The largest absolute Gasteiger partial charge is 0.462 e. The van der Waals surface area contributed by atoms with E-state index in [1.165, 1.54) is 44.9 Å². The van der Waals surface area contributed by atoms with Gasteiger partial charge in [-0.1, -0.05) is 33.1 Å². The van der Waals surface area contributed by atoms with Crippen LogP contribution in [0.4, 0.5) is 0 Å². The van der Waals surface area contributed by atoms with Gasteiger partial charge >= 0.3 is 5.97 Å². The van der Waals surface area contributed by atoms with Crippen LogP contribution in [0.1, 0.15) is 97.3 Å². The first-order chi connectivity index (χ1) is 12.6. The summed E-state index contributed by atoms with van der Waals surface area (Å²) < 4.78 is 5.65. The van der Waals surface area contributed by atoms with Crippen molar-refractivity contribution in [3.63, 3.8) is 0 Å². The molecule has 0 aromatic heterocycles. The number of nitriles is 1. The number of hydrogen-bond donors (Lipinski definition) is 0. The molecule has 0 aromatic carbocycles. The predicted molar refractivity (Wildman–Crippen MR) is 103 cm³/mol. The second-order valence-corrected chi connectivity index (χ2v) is 9.30. The van der Waals surface area contributed by atoms with Crippen molar-refractivity contribution in [1.29, 1.82) is 5.26 Å². The average molecular weight is 360 g/mol. The molecule has 0 aromatic rings. The molecule has 3 rings (SSSR count). The van der Waals surface area contributed by atoms with Crippen LogP contribution >= 0.6 is 0 Å². The van der Waals surface area contributed by atoms with Gasteiger partial charge in [-0.3, -0.25) is 4.79 Å². The highest BCUT2D eigenvalue weighted by Gasteiger charge is 2.48. The smallest absolute Gasteiger partial charge is 0.305 e. The van der Waals surface area contributed by atoms with Crippen molar-refractivity contribution < 1.29 is 9.53 Å². The van der Waals surface area contributed by atoms with Crippen molar-refractivity contribution in [2.75, 3.05) is 0 Å². The van der Waals surface area contributed by atoms with E-state index in [0.29, 0.717) is 6.42 Å². The number of carbonyl (C=O) groups excluding carboxylic acids is 1. The van der Waals surface area contributed by atoms with Gasteiger partial charge in [0.1, 0.15) is 6.10 Å². The van der Waals surface area contributed by atoms with E-state index < -0.39 is 0 Å². The van der Waals surface area contributed by atoms with E-state index in [1.54, 1.807) is 0 Å².